The lowest BCUT2D eigenvalue weighted by Gasteiger charge is -2.39. The van der Waals surface area contributed by atoms with E-state index >= 15 is 0 Å². The van der Waals surface area contributed by atoms with Crippen molar-refractivity contribution in [2.24, 2.45) is 11.8 Å². The Hall–Kier alpha value is -1.14. The van der Waals surface area contributed by atoms with Crippen molar-refractivity contribution < 1.29 is 19.1 Å². The van der Waals surface area contributed by atoms with Crippen molar-refractivity contribution in [3.05, 3.63) is 0 Å². The van der Waals surface area contributed by atoms with Crippen LogP contribution in [0.5, 0.6) is 0 Å². The molecule has 0 aliphatic carbocycles. The highest BCUT2D eigenvalue weighted by Gasteiger charge is 2.26. The Bertz CT molecular complexity index is 884. The molecule has 352 valence electrons. The van der Waals surface area contributed by atoms with Crippen LogP contribution in [-0.4, -0.2) is 61.8 Å². The number of hydrogen-bond donors (Lipinski definition) is 1. The summed E-state index contributed by atoms with van der Waals surface area (Å²) in [5.41, 5.74) is 0. The van der Waals surface area contributed by atoms with E-state index in [9.17, 15) is 9.59 Å². The molecule has 1 aliphatic heterocycles. The molecule has 1 fully saturated rings. The van der Waals surface area contributed by atoms with Gasteiger partial charge >= 0.3 is 11.9 Å². The van der Waals surface area contributed by atoms with Gasteiger partial charge in [0.15, 0.2) is 0 Å². The van der Waals surface area contributed by atoms with Crippen LogP contribution >= 0.6 is 0 Å². The Morgan fingerprint density at radius 3 is 1.19 bits per heavy atom. The van der Waals surface area contributed by atoms with Crippen LogP contribution in [0.25, 0.3) is 0 Å². The highest BCUT2D eigenvalue weighted by atomic mass is 16.5. The monoisotopic (exact) mass is 835 g/mol. The van der Waals surface area contributed by atoms with Gasteiger partial charge in [-0.3, -0.25) is 9.59 Å². The molecule has 0 aromatic heterocycles. The molecule has 0 radical (unpaired) electrons. The summed E-state index contributed by atoms with van der Waals surface area (Å²) in [6.45, 7) is 20.1. The van der Waals surface area contributed by atoms with Crippen LogP contribution in [0.15, 0.2) is 0 Å². The second-order valence-electron chi connectivity index (χ2n) is 18.3. The highest BCUT2D eigenvalue weighted by Crippen LogP contribution is 2.23. The number of nitrogens with one attached hydrogen (secondary N) is 1. The van der Waals surface area contributed by atoms with Crippen molar-refractivity contribution in [1.29, 1.82) is 0 Å². The minimum atomic E-state index is 0.0665. The summed E-state index contributed by atoms with van der Waals surface area (Å²) in [4.78, 5) is 28.7. The minimum Gasteiger partial charge on any atom is -0.465 e. The summed E-state index contributed by atoms with van der Waals surface area (Å²) in [7, 11) is 0. The van der Waals surface area contributed by atoms with Gasteiger partial charge in [0.2, 0.25) is 0 Å². The zero-order valence-corrected chi connectivity index (χ0v) is 41.2. The van der Waals surface area contributed by atoms with E-state index in [0.717, 1.165) is 77.0 Å². The lowest BCUT2D eigenvalue weighted by molar-refractivity contribution is -0.150. The molecule has 6 nitrogen and oxygen atoms in total. The molecular formula is C53H106N2O4. The number of rotatable bonds is 42. The number of carbonyl (C=O) groups is 2. The number of ether oxygens (including phenoxy) is 2. The van der Waals surface area contributed by atoms with E-state index in [1.807, 2.05) is 13.8 Å². The van der Waals surface area contributed by atoms with Gasteiger partial charge in [-0.05, 0) is 64.3 Å². The van der Waals surface area contributed by atoms with Gasteiger partial charge in [0.1, 0.15) is 0 Å². The van der Waals surface area contributed by atoms with Gasteiger partial charge in [0.25, 0.3) is 0 Å². The summed E-state index contributed by atoms with van der Waals surface area (Å²) in [6, 6.07) is 1.16. The zero-order chi connectivity index (χ0) is 43.4. The fourth-order valence-electron chi connectivity index (χ4n) is 8.90. The zero-order valence-electron chi connectivity index (χ0n) is 41.2. The number of piperazine rings is 1. The summed E-state index contributed by atoms with van der Waals surface area (Å²) in [6.07, 6.45) is 42.1. The summed E-state index contributed by atoms with van der Waals surface area (Å²) in [5.74, 6) is 0.357. The Balaban J connectivity index is 0.0000165. The normalized spacial score (nSPS) is 16.7. The largest absolute Gasteiger partial charge is 0.465 e. The number of unbranched alkanes of at least 4 members (excludes halogenated alkanes) is 22. The molecule has 0 amide bonds. The minimum absolute atomic E-state index is 0.0665. The molecule has 1 rings (SSSR count). The van der Waals surface area contributed by atoms with Crippen molar-refractivity contribution in [3.63, 3.8) is 0 Å². The van der Waals surface area contributed by atoms with E-state index < -0.39 is 0 Å². The maximum atomic E-state index is 13.0. The van der Waals surface area contributed by atoms with Crippen LogP contribution in [0.2, 0.25) is 0 Å². The van der Waals surface area contributed by atoms with Crippen molar-refractivity contribution in [2.75, 3.05) is 32.8 Å². The van der Waals surface area contributed by atoms with Crippen molar-refractivity contribution in [2.45, 2.75) is 285 Å². The molecule has 4 atom stereocenters. The first-order valence-electron chi connectivity index (χ1n) is 26.8. The Morgan fingerprint density at radius 2 is 0.763 bits per heavy atom. The first kappa shape index (κ1) is 57.9. The van der Waals surface area contributed by atoms with E-state index in [-0.39, 0.29) is 23.8 Å². The van der Waals surface area contributed by atoms with E-state index in [1.54, 1.807) is 0 Å². The molecular weight excluding hydrogens is 729 g/mol. The van der Waals surface area contributed by atoms with Crippen LogP contribution in [0.3, 0.4) is 0 Å². The molecule has 0 spiro atoms. The first-order chi connectivity index (χ1) is 29.0. The fraction of sp³-hybridized carbons (Fsp3) is 0.962. The smallest absolute Gasteiger partial charge is 0.308 e. The SMILES string of the molecule is CC.CCCCCCCCC(CCCC)C(=O)OCCCCCCC1CN(CCCCC)CC(CCCCCCOC(=O)C(CCCCCC)CCCCCCCC)N1. The van der Waals surface area contributed by atoms with Crippen LogP contribution in [0.4, 0.5) is 0 Å². The van der Waals surface area contributed by atoms with E-state index in [4.69, 9.17) is 9.47 Å². The van der Waals surface area contributed by atoms with Crippen molar-refractivity contribution >= 4 is 11.9 Å². The molecule has 0 saturated carbocycles. The van der Waals surface area contributed by atoms with Gasteiger partial charge in [-0.15, -0.1) is 0 Å². The molecule has 0 aromatic carbocycles. The summed E-state index contributed by atoms with van der Waals surface area (Å²) < 4.78 is 11.7. The Labute approximate surface area is 370 Å². The molecule has 6 heteroatoms. The molecule has 1 N–H and O–H groups in total. The molecule has 0 bridgehead atoms. The number of nitrogens with zero attached hydrogens (tertiary/aromatic N) is 1. The maximum absolute atomic E-state index is 13.0. The number of carbonyl (C=O) groups excluding carboxylic acids is 2. The molecule has 4 unspecified atom stereocenters. The van der Waals surface area contributed by atoms with Gasteiger partial charge in [-0.2, -0.15) is 0 Å². The summed E-state index contributed by atoms with van der Waals surface area (Å²) in [5, 5.41) is 4.06. The quantitative estimate of drug-likeness (QED) is 0.0488. The molecule has 59 heavy (non-hydrogen) atoms. The second kappa shape index (κ2) is 44.9. The van der Waals surface area contributed by atoms with Crippen LogP contribution in [0, 0.1) is 11.8 Å². The third-order valence-electron chi connectivity index (χ3n) is 12.7. The topological polar surface area (TPSA) is 67.9 Å². The molecule has 1 heterocycles. The predicted octanol–water partition coefficient (Wildman–Crippen LogP) is 15.7. The van der Waals surface area contributed by atoms with Gasteiger partial charge in [0, 0.05) is 25.2 Å². The third-order valence-corrected chi connectivity index (χ3v) is 12.7. The van der Waals surface area contributed by atoms with Crippen LogP contribution in [-0.2, 0) is 19.1 Å². The van der Waals surface area contributed by atoms with Gasteiger partial charge < -0.3 is 19.7 Å². The first-order valence-corrected chi connectivity index (χ1v) is 26.8. The molecule has 1 saturated heterocycles. The van der Waals surface area contributed by atoms with Crippen LogP contribution in [0.1, 0.15) is 273 Å². The number of esters is 2. The van der Waals surface area contributed by atoms with Gasteiger partial charge in [-0.1, -0.05) is 215 Å². The van der Waals surface area contributed by atoms with Gasteiger partial charge in [-0.25, -0.2) is 0 Å². The second-order valence-corrected chi connectivity index (χ2v) is 18.3. The lowest BCUT2D eigenvalue weighted by Crippen LogP contribution is -2.56. The van der Waals surface area contributed by atoms with E-state index in [1.165, 1.54) is 167 Å². The Morgan fingerprint density at radius 1 is 0.441 bits per heavy atom. The average Bonchev–Trinajstić information content (AvgIpc) is 3.25. The number of hydrogen-bond acceptors (Lipinski definition) is 6. The molecule has 1 aliphatic rings. The van der Waals surface area contributed by atoms with E-state index in [0.29, 0.717) is 25.3 Å². The van der Waals surface area contributed by atoms with Crippen molar-refractivity contribution in [3.8, 4) is 0 Å². The standard InChI is InChI=1S/C51H100N2O4.C2H6/c1-6-11-16-19-21-28-37-46(35-15-10-5)50(54)56-42-33-25-23-30-39-48-44-53(41-32-14-9-4)45-49(52-48)40-31-24-26-34-43-57-51(55)47(36-27-18-13-8-3)38-29-22-20-17-12-7-2;1-2/h46-49,52H,6-45H2,1-5H3;1-2H3. The van der Waals surface area contributed by atoms with Crippen LogP contribution < -0.4 is 5.32 Å². The predicted molar refractivity (Wildman–Crippen MR) is 257 cm³/mol. The highest BCUT2D eigenvalue weighted by molar-refractivity contribution is 5.72. The maximum Gasteiger partial charge on any atom is 0.308 e. The lowest BCUT2D eigenvalue weighted by atomic mass is 9.94. The third kappa shape index (κ3) is 35.1. The average molecular weight is 835 g/mol. The van der Waals surface area contributed by atoms with Crippen molar-refractivity contribution in [1.82, 2.24) is 10.2 Å². The fourth-order valence-corrected chi connectivity index (χ4v) is 8.90. The van der Waals surface area contributed by atoms with Gasteiger partial charge in [0.05, 0.1) is 25.0 Å². The Kier molecular flexibility index (Phi) is 44.0. The summed E-state index contributed by atoms with van der Waals surface area (Å²) >= 11 is 0. The van der Waals surface area contributed by atoms with E-state index in [2.05, 4.69) is 44.8 Å². The molecule has 0 aromatic rings.